The van der Waals surface area contributed by atoms with Gasteiger partial charge in [-0.1, -0.05) is 11.2 Å². The predicted octanol–water partition coefficient (Wildman–Crippen LogP) is 1.38. The molecule has 0 aliphatic rings. The molecule has 0 bridgehead atoms. The quantitative estimate of drug-likeness (QED) is 0.653. The van der Waals surface area contributed by atoms with Gasteiger partial charge in [-0.2, -0.15) is 5.10 Å². The molecule has 0 spiro atoms. The van der Waals surface area contributed by atoms with Crippen molar-refractivity contribution in [2.24, 2.45) is 0 Å². The van der Waals surface area contributed by atoms with Crippen molar-refractivity contribution >= 4 is 16.8 Å². The van der Waals surface area contributed by atoms with Crippen LogP contribution in [0, 0.1) is 13.8 Å². The zero-order valence-electron chi connectivity index (χ0n) is 16.2. The molecule has 3 aromatic rings. The maximum absolute atomic E-state index is 12.4. The van der Waals surface area contributed by atoms with Crippen molar-refractivity contribution in [2.45, 2.75) is 26.8 Å². The summed E-state index contributed by atoms with van der Waals surface area (Å²) in [6.07, 6.45) is 0.606. The van der Waals surface area contributed by atoms with Gasteiger partial charge in [0.25, 0.3) is 5.56 Å². The predicted molar refractivity (Wildman–Crippen MR) is 102 cm³/mol. The first-order chi connectivity index (χ1) is 13.4. The topological polar surface area (TPSA) is 108 Å². The average molecular weight is 386 g/mol. The maximum Gasteiger partial charge on any atom is 0.297 e. The van der Waals surface area contributed by atoms with Crippen molar-refractivity contribution in [2.75, 3.05) is 20.8 Å². The Morgan fingerprint density at radius 2 is 1.96 bits per heavy atom. The van der Waals surface area contributed by atoms with Crippen LogP contribution in [0.2, 0.25) is 0 Å². The van der Waals surface area contributed by atoms with Crippen molar-refractivity contribution in [3.63, 3.8) is 0 Å². The van der Waals surface area contributed by atoms with Gasteiger partial charge in [0.05, 0.1) is 25.3 Å². The highest BCUT2D eigenvalue weighted by atomic mass is 16.5. The third kappa shape index (κ3) is 3.83. The van der Waals surface area contributed by atoms with E-state index in [1.807, 2.05) is 18.2 Å². The number of carbonyl (C=O) groups is 1. The molecular weight excluding hydrogens is 364 g/mol. The summed E-state index contributed by atoms with van der Waals surface area (Å²) in [5.41, 5.74) is 1.31. The van der Waals surface area contributed by atoms with Crippen molar-refractivity contribution in [3.8, 4) is 11.5 Å². The molecule has 1 amide bonds. The lowest BCUT2D eigenvalue weighted by Crippen LogP contribution is -2.35. The van der Waals surface area contributed by atoms with Crippen LogP contribution in [0.5, 0.6) is 11.5 Å². The van der Waals surface area contributed by atoms with Gasteiger partial charge in [0.2, 0.25) is 5.91 Å². The lowest BCUT2D eigenvalue weighted by atomic mass is 10.1. The molecule has 0 saturated heterocycles. The first-order valence-electron chi connectivity index (χ1n) is 8.76. The van der Waals surface area contributed by atoms with Gasteiger partial charge in [0.15, 0.2) is 17.0 Å². The number of benzene rings is 1. The van der Waals surface area contributed by atoms with Gasteiger partial charge in [0, 0.05) is 6.54 Å². The van der Waals surface area contributed by atoms with Crippen molar-refractivity contribution in [3.05, 3.63) is 45.6 Å². The van der Waals surface area contributed by atoms with E-state index in [-0.39, 0.29) is 18.0 Å². The summed E-state index contributed by atoms with van der Waals surface area (Å²) >= 11 is 0. The van der Waals surface area contributed by atoms with Crippen LogP contribution < -0.4 is 20.3 Å². The standard InChI is InChI=1S/C19H22N4O5/c1-11-17-12(2)28-22-18(17)19(25)23(21-11)10-16(24)20-8-7-13-5-6-14(26-3)15(9-13)27-4/h5-6,9H,7-8,10H2,1-4H3,(H,20,24). The van der Waals surface area contributed by atoms with Crippen molar-refractivity contribution in [1.29, 1.82) is 0 Å². The van der Waals surface area contributed by atoms with E-state index in [2.05, 4.69) is 15.6 Å². The normalized spacial score (nSPS) is 10.9. The number of rotatable bonds is 7. The number of amides is 1. The third-order valence-electron chi connectivity index (χ3n) is 4.41. The molecule has 0 unspecified atom stereocenters. The van der Waals surface area contributed by atoms with Crippen LogP contribution >= 0.6 is 0 Å². The number of fused-ring (bicyclic) bond motifs is 1. The van der Waals surface area contributed by atoms with Crippen LogP contribution in [0.3, 0.4) is 0 Å². The number of hydrogen-bond donors (Lipinski definition) is 1. The van der Waals surface area contributed by atoms with Crippen LogP contribution in [0.1, 0.15) is 17.0 Å². The fourth-order valence-electron chi connectivity index (χ4n) is 3.02. The highest BCUT2D eigenvalue weighted by Gasteiger charge is 2.16. The summed E-state index contributed by atoms with van der Waals surface area (Å²) in [5.74, 6) is 1.50. The van der Waals surface area contributed by atoms with Crippen LogP contribution in [0.15, 0.2) is 27.5 Å². The molecule has 0 aliphatic carbocycles. The lowest BCUT2D eigenvalue weighted by Gasteiger charge is -2.10. The highest BCUT2D eigenvalue weighted by Crippen LogP contribution is 2.27. The molecule has 9 nitrogen and oxygen atoms in total. The SMILES string of the molecule is COc1ccc(CCNC(=O)Cn2nc(C)c3c(C)onc3c2=O)cc1OC. The van der Waals surface area contributed by atoms with Gasteiger partial charge in [-0.3, -0.25) is 9.59 Å². The molecule has 1 N–H and O–H groups in total. The molecular formula is C19H22N4O5. The molecule has 0 radical (unpaired) electrons. The summed E-state index contributed by atoms with van der Waals surface area (Å²) in [7, 11) is 3.15. The number of methoxy groups -OCH3 is 2. The van der Waals surface area contributed by atoms with E-state index in [0.717, 1.165) is 10.2 Å². The molecule has 0 saturated carbocycles. The molecule has 28 heavy (non-hydrogen) atoms. The number of hydrogen-bond acceptors (Lipinski definition) is 7. The van der Waals surface area contributed by atoms with E-state index >= 15 is 0 Å². The largest absolute Gasteiger partial charge is 0.493 e. The minimum atomic E-state index is -0.451. The van der Waals surface area contributed by atoms with Gasteiger partial charge in [-0.15, -0.1) is 0 Å². The fourth-order valence-corrected chi connectivity index (χ4v) is 3.02. The fraction of sp³-hybridized carbons (Fsp3) is 0.368. The Bertz CT molecular complexity index is 1070. The monoisotopic (exact) mass is 386 g/mol. The van der Waals surface area contributed by atoms with Crippen molar-refractivity contribution in [1.82, 2.24) is 20.3 Å². The van der Waals surface area contributed by atoms with Crippen LogP contribution in [-0.2, 0) is 17.8 Å². The van der Waals surface area contributed by atoms with Gasteiger partial charge >= 0.3 is 0 Å². The molecule has 2 aromatic heterocycles. The molecule has 1 aromatic carbocycles. The lowest BCUT2D eigenvalue weighted by molar-refractivity contribution is -0.121. The number of aromatic nitrogens is 3. The molecule has 0 aliphatic heterocycles. The summed E-state index contributed by atoms with van der Waals surface area (Å²) in [4.78, 5) is 24.7. The number of nitrogens with one attached hydrogen (secondary N) is 1. The summed E-state index contributed by atoms with van der Waals surface area (Å²) < 4.78 is 16.6. The van der Waals surface area contributed by atoms with Crippen molar-refractivity contribution < 1.29 is 18.8 Å². The Morgan fingerprint density at radius 1 is 1.21 bits per heavy atom. The van der Waals surface area contributed by atoms with Gasteiger partial charge in [-0.25, -0.2) is 4.68 Å². The number of nitrogens with zero attached hydrogens (tertiary/aromatic N) is 3. The minimum Gasteiger partial charge on any atom is -0.493 e. The molecule has 148 valence electrons. The van der Waals surface area contributed by atoms with E-state index in [0.29, 0.717) is 41.3 Å². The van der Waals surface area contributed by atoms with E-state index in [1.165, 1.54) is 0 Å². The van der Waals surface area contributed by atoms with Crippen LogP contribution in [-0.4, -0.2) is 41.6 Å². The first-order valence-corrected chi connectivity index (χ1v) is 8.76. The Balaban J connectivity index is 1.63. The highest BCUT2D eigenvalue weighted by molar-refractivity contribution is 5.82. The smallest absolute Gasteiger partial charge is 0.297 e. The molecule has 3 rings (SSSR count). The zero-order chi connectivity index (χ0) is 20.3. The van der Waals surface area contributed by atoms with Crippen LogP contribution in [0.25, 0.3) is 10.9 Å². The number of carbonyl (C=O) groups excluding carboxylic acids is 1. The summed E-state index contributed by atoms with van der Waals surface area (Å²) in [5, 5.41) is 11.4. The Labute approximate surface area is 161 Å². The number of ether oxygens (including phenoxy) is 2. The Hall–Kier alpha value is -3.36. The number of aryl methyl sites for hydroxylation is 2. The molecule has 0 atom stereocenters. The second-order valence-electron chi connectivity index (χ2n) is 6.30. The summed E-state index contributed by atoms with van der Waals surface area (Å²) in [6, 6.07) is 5.59. The van der Waals surface area contributed by atoms with E-state index in [9.17, 15) is 9.59 Å². The minimum absolute atomic E-state index is 0.183. The summed E-state index contributed by atoms with van der Waals surface area (Å²) in [6.45, 7) is 3.69. The molecule has 0 fully saturated rings. The van der Waals surface area contributed by atoms with Gasteiger partial charge in [-0.05, 0) is 38.0 Å². The Morgan fingerprint density at radius 3 is 2.68 bits per heavy atom. The van der Waals surface area contributed by atoms with E-state index in [1.54, 1.807) is 28.1 Å². The second-order valence-corrected chi connectivity index (χ2v) is 6.30. The van der Waals surface area contributed by atoms with Gasteiger partial charge in [0.1, 0.15) is 12.3 Å². The molecule has 9 heteroatoms. The van der Waals surface area contributed by atoms with E-state index in [4.69, 9.17) is 14.0 Å². The third-order valence-corrected chi connectivity index (χ3v) is 4.41. The second kappa shape index (κ2) is 8.12. The Kier molecular flexibility index (Phi) is 5.62. The zero-order valence-corrected chi connectivity index (χ0v) is 16.2. The van der Waals surface area contributed by atoms with E-state index < -0.39 is 5.56 Å². The maximum atomic E-state index is 12.4. The first kappa shape index (κ1) is 19.4. The average Bonchev–Trinajstić information content (AvgIpc) is 3.08. The van der Waals surface area contributed by atoms with Gasteiger partial charge < -0.3 is 19.3 Å². The van der Waals surface area contributed by atoms with Crippen LogP contribution in [0.4, 0.5) is 0 Å². The molecule has 2 heterocycles.